The van der Waals surface area contributed by atoms with E-state index in [9.17, 15) is 4.79 Å². The number of hydrogen-bond acceptors (Lipinski definition) is 3. The van der Waals surface area contributed by atoms with E-state index < -0.39 is 0 Å². The fraction of sp³-hybridized carbons (Fsp3) is 0.500. The van der Waals surface area contributed by atoms with Gasteiger partial charge in [-0.25, -0.2) is 0 Å². The van der Waals surface area contributed by atoms with E-state index in [4.69, 9.17) is 5.73 Å². The molecule has 0 saturated carbocycles. The van der Waals surface area contributed by atoms with Crippen molar-refractivity contribution >= 4 is 17.3 Å². The van der Waals surface area contributed by atoms with Crippen LogP contribution in [0.1, 0.15) is 36.5 Å². The van der Waals surface area contributed by atoms with Gasteiger partial charge in [0.25, 0.3) is 5.91 Å². The number of benzene rings is 1. The zero-order valence-electron chi connectivity index (χ0n) is 11.1. The average molecular weight is 247 g/mol. The second-order valence-corrected chi connectivity index (χ2v) is 4.88. The molecular formula is C14H21N3O. The molecule has 1 aromatic rings. The number of amides is 1. The average Bonchev–Trinajstić information content (AvgIpc) is 2.38. The summed E-state index contributed by atoms with van der Waals surface area (Å²) in [7, 11) is 1.84. The lowest BCUT2D eigenvalue weighted by atomic mass is 10.0. The summed E-state index contributed by atoms with van der Waals surface area (Å²) in [6, 6.07) is 6.29. The fourth-order valence-electron chi connectivity index (χ4n) is 2.60. The molecule has 1 aliphatic heterocycles. The Morgan fingerprint density at radius 2 is 2.22 bits per heavy atom. The molecule has 2 rings (SSSR count). The van der Waals surface area contributed by atoms with Crippen LogP contribution in [0.3, 0.4) is 0 Å². The van der Waals surface area contributed by atoms with E-state index in [-0.39, 0.29) is 5.91 Å². The summed E-state index contributed by atoms with van der Waals surface area (Å²) in [6.45, 7) is 3.20. The molecule has 0 aliphatic carbocycles. The van der Waals surface area contributed by atoms with Gasteiger partial charge in [0, 0.05) is 31.0 Å². The summed E-state index contributed by atoms with van der Waals surface area (Å²) in [6.07, 6.45) is 3.61. The number of hydrogen-bond donors (Lipinski definition) is 2. The SMILES string of the molecule is CNc1ccc(N2CCCC[C@H]2C)c(C(N)=O)c1. The van der Waals surface area contributed by atoms with E-state index in [1.165, 1.54) is 19.3 Å². The van der Waals surface area contributed by atoms with E-state index in [0.29, 0.717) is 11.6 Å². The standard InChI is InChI=1S/C14H21N3O/c1-10-5-3-4-8-17(10)13-7-6-11(16-2)9-12(13)14(15)18/h6-7,9-10,16H,3-5,8H2,1-2H3,(H2,15,18)/t10-/m1/s1. The Bertz CT molecular complexity index is 445. The number of carbonyl (C=O) groups excluding carboxylic acids is 1. The van der Waals surface area contributed by atoms with Crippen molar-refractivity contribution in [1.29, 1.82) is 0 Å². The van der Waals surface area contributed by atoms with Crippen molar-refractivity contribution in [3.63, 3.8) is 0 Å². The molecule has 1 amide bonds. The molecular weight excluding hydrogens is 226 g/mol. The third kappa shape index (κ3) is 2.42. The van der Waals surface area contributed by atoms with E-state index in [0.717, 1.165) is 17.9 Å². The van der Waals surface area contributed by atoms with Crippen LogP contribution in [0.15, 0.2) is 18.2 Å². The zero-order valence-corrected chi connectivity index (χ0v) is 11.1. The van der Waals surface area contributed by atoms with Crippen LogP contribution >= 0.6 is 0 Å². The van der Waals surface area contributed by atoms with E-state index in [1.54, 1.807) is 0 Å². The molecule has 98 valence electrons. The van der Waals surface area contributed by atoms with Gasteiger partial charge in [-0.05, 0) is 44.4 Å². The summed E-state index contributed by atoms with van der Waals surface area (Å²) >= 11 is 0. The van der Waals surface area contributed by atoms with Gasteiger partial charge in [-0.1, -0.05) is 0 Å². The van der Waals surface area contributed by atoms with Crippen molar-refractivity contribution in [2.45, 2.75) is 32.2 Å². The summed E-state index contributed by atoms with van der Waals surface area (Å²) in [5, 5.41) is 3.04. The first kappa shape index (κ1) is 12.7. The van der Waals surface area contributed by atoms with Gasteiger partial charge in [0.15, 0.2) is 0 Å². The largest absolute Gasteiger partial charge is 0.388 e. The number of primary amides is 1. The molecule has 1 aromatic carbocycles. The predicted octanol–water partition coefficient (Wildman–Crippen LogP) is 2.21. The lowest BCUT2D eigenvalue weighted by Gasteiger charge is -2.36. The Balaban J connectivity index is 2.39. The molecule has 1 heterocycles. The first-order chi connectivity index (χ1) is 8.63. The second-order valence-electron chi connectivity index (χ2n) is 4.88. The number of nitrogens with one attached hydrogen (secondary N) is 1. The number of nitrogens with zero attached hydrogens (tertiary/aromatic N) is 1. The molecule has 0 unspecified atom stereocenters. The van der Waals surface area contributed by atoms with Crippen LogP contribution in [0.4, 0.5) is 11.4 Å². The summed E-state index contributed by atoms with van der Waals surface area (Å²) in [5.74, 6) is -0.361. The van der Waals surface area contributed by atoms with Crippen LogP contribution in [0, 0.1) is 0 Å². The van der Waals surface area contributed by atoms with Crippen molar-refractivity contribution < 1.29 is 4.79 Å². The maximum atomic E-state index is 11.6. The predicted molar refractivity (Wildman–Crippen MR) is 75.2 cm³/mol. The molecule has 3 N–H and O–H groups in total. The van der Waals surface area contributed by atoms with Gasteiger partial charge in [-0.3, -0.25) is 4.79 Å². The van der Waals surface area contributed by atoms with Crippen molar-refractivity contribution in [2.75, 3.05) is 23.8 Å². The Morgan fingerprint density at radius 1 is 1.44 bits per heavy atom. The molecule has 18 heavy (non-hydrogen) atoms. The molecule has 4 heteroatoms. The lowest BCUT2D eigenvalue weighted by molar-refractivity contribution is 0.100. The highest BCUT2D eigenvalue weighted by atomic mass is 16.1. The molecule has 1 atom stereocenters. The van der Waals surface area contributed by atoms with Gasteiger partial charge < -0.3 is 16.0 Å². The Kier molecular flexibility index (Phi) is 3.75. The van der Waals surface area contributed by atoms with E-state index in [2.05, 4.69) is 17.1 Å². The third-order valence-electron chi connectivity index (χ3n) is 3.66. The van der Waals surface area contributed by atoms with Crippen LogP contribution in [-0.4, -0.2) is 25.5 Å². The van der Waals surface area contributed by atoms with Crippen LogP contribution in [-0.2, 0) is 0 Å². The van der Waals surface area contributed by atoms with Crippen molar-refractivity contribution in [2.24, 2.45) is 5.73 Å². The number of nitrogens with two attached hydrogens (primary N) is 1. The molecule has 4 nitrogen and oxygen atoms in total. The molecule has 0 radical (unpaired) electrons. The number of rotatable bonds is 3. The summed E-state index contributed by atoms with van der Waals surface area (Å²) in [5.41, 5.74) is 7.98. The molecule has 0 aromatic heterocycles. The first-order valence-electron chi connectivity index (χ1n) is 6.51. The normalized spacial score (nSPS) is 19.7. The monoisotopic (exact) mass is 247 g/mol. The number of piperidine rings is 1. The summed E-state index contributed by atoms with van der Waals surface area (Å²) in [4.78, 5) is 13.9. The number of anilines is 2. The van der Waals surface area contributed by atoms with Crippen LogP contribution in [0.2, 0.25) is 0 Å². The quantitative estimate of drug-likeness (QED) is 0.861. The van der Waals surface area contributed by atoms with Gasteiger partial charge in [0.1, 0.15) is 0 Å². The molecule has 0 spiro atoms. The zero-order chi connectivity index (χ0) is 13.1. The van der Waals surface area contributed by atoms with Gasteiger partial charge in [0.2, 0.25) is 0 Å². The van der Waals surface area contributed by atoms with Crippen molar-refractivity contribution in [3.05, 3.63) is 23.8 Å². The highest BCUT2D eigenvalue weighted by Gasteiger charge is 2.22. The molecule has 1 saturated heterocycles. The molecule has 0 bridgehead atoms. The van der Waals surface area contributed by atoms with Gasteiger partial charge in [-0.2, -0.15) is 0 Å². The van der Waals surface area contributed by atoms with Crippen molar-refractivity contribution in [3.8, 4) is 0 Å². The van der Waals surface area contributed by atoms with Gasteiger partial charge in [-0.15, -0.1) is 0 Å². The lowest BCUT2D eigenvalue weighted by Crippen LogP contribution is -2.38. The number of carbonyl (C=O) groups is 1. The first-order valence-corrected chi connectivity index (χ1v) is 6.51. The minimum atomic E-state index is -0.361. The fourth-order valence-corrected chi connectivity index (χ4v) is 2.60. The summed E-state index contributed by atoms with van der Waals surface area (Å²) < 4.78 is 0. The van der Waals surface area contributed by atoms with Crippen LogP contribution < -0.4 is 16.0 Å². The van der Waals surface area contributed by atoms with Gasteiger partial charge in [0.05, 0.1) is 5.56 Å². The topological polar surface area (TPSA) is 58.4 Å². The Hall–Kier alpha value is -1.71. The maximum Gasteiger partial charge on any atom is 0.250 e. The van der Waals surface area contributed by atoms with E-state index in [1.807, 2.05) is 25.2 Å². The van der Waals surface area contributed by atoms with Crippen molar-refractivity contribution in [1.82, 2.24) is 0 Å². The Morgan fingerprint density at radius 3 is 2.83 bits per heavy atom. The molecule has 1 aliphatic rings. The second kappa shape index (κ2) is 5.29. The van der Waals surface area contributed by atoms with Gasteiger partial charge >= 0.3 is 0 Å². The van der Waals surface area contributed by atoms with E-state index >= 15 is 0 Å². The maximum absolute atomic E-state index is 11.6. The minimum absolute atomic E-state index is 0.361. The highest BCUT2D eigenvalue weighted by Crippen LogP contribution is 2.29. The third-order valence-corrected chi connectivity index (χ3v) is 3.66. The van der Waals surface area contributed by atoms with Crippen LogP contribution in [0.5, 0.6) is 0 Å². The highest BCUT2D eigenvalue weighted by molar-refractivity contribution is 5.99. The Labute approximate surface area is 108 Å². The minimum Gasteiger partial charge on any atom is -0.388 e. The molecule has 1 fully saturated rings. The smallest absolute Gasteiger partial charge is 0.250 e. The van der Waals surface area contributed by atoms with Crippen LogP contribution in [0.25, 0.3) is 0 Å².